The molecule has 140 valence electrons. The molecule has 0 aliphatic carbocycles. The molecule has 0 bridgehead atoms. The molecular weight excluding hydrogens is 385 g/mol. The van der Waals surface area contributed by atoms with E-state index in [9.17, 15) is 27.5 Å². The minimum absolute atomic E-state index is 0.0841. The molecule has 4 N–H and O–H groups in total. The van der Waals surface area contributed by atoms with Gasteiger partial charge in [0.2, 0.25) is 9.84 Å². The van der Waals surface area contributed by atoms with Crippen LogP contribution >= 0.6 is 11.3 Å². The molecule has 0 saturated carbocycles. The molecule has 2 aromatic rings. The van der Waals surface area contributed by atoms with Crippen molar-refractivity contribution in [3.63, 3.8) is 0 Å². The standard InChI is InChI=1S/C15H16FN3O5S2/c1-7-4-10(18-6-9(7)16)26(23,24)11-5-8(12(17)20)13(25-11)19-14(21)15(2,3)22/h4-6,22H,1-3H3,(H2,17,20)(H,19,21). The number of nitrogens with two attached hydrogens (primary N) is 1. The molecule has 0 atom stereocenters. The zero-order chi connectivity index (χ0) is 19.9. The number of nitrogens with zero attached hydrogens (tertiary/aromatic N) is 1. The fourth-order valence-electron chi connectivity index (χ4n) is 1.80. The molecule has 26 heavy (non-hydrogen) atoms. The Balaban J connectivity index is 2.53. The molecule has 0 aliphatic heterocycles. The van der Waals surface area contributed by atoms with Crippen molar-refractivity contribution in [2.75, 3.05) is 5.32 Å². The minimum Gasteiger partial charge on any atom is -0.381 e. The molecule has 2 rings (SSSR count). The lowest BCUT2D eigenvalue weighted by Gasteiger charge is -2.16. The van der Waals surface area contributed by atoms with E-state index in [1.165, 1.54) is 20.8 Å². The average molecular weight is 401 g/mol. The van der Waals surface area contributed by atoms with Crippen LogP contribution < -0.4 is 11.1 Å². The smallest absolute Gasteiger partial charge is 0.256 e. The van der Waals surface area contributed by atoms with Crippen molar-refractivity contribution in [1.82, 2.24) is 4.98 Å². The van der Waals surface area contributed by atoms with Crippen molar-refractivity contribution in [3.05, 3.63) is 35.3 Å². The van der Waals surface area contributed by atoms with E-state index in [2.05, 4.69) is 10.3 Å². The molecule has 11 heteroatoms. The van der Waals surface area contributed by atoms with Crippen molar-refractivity contribution in [1.29, 1.82) is 0 Å². The number of hydrogen-bond donors (Lipinski definition) is 3. The predicted octanol–water partition coefficient (Wildman–Crippen LogP) is 1.23. The highest BCUT2D eigenvalue weighted by Gasteiger charge is 2.29. The SMILES string of the molecule is Cc1cc(S(=O)(=O)c2cc(C(N)=O)c(NC(=O)C(C)(C)O)s2)ncc1F. The van der Waals surface area contributed by atoms with Gasteiger partial charge in [-0.25, -0.2) is 17.8 Å². The summed E-state index contributed by atoms with van der Waals surface area (Å²) in [6, 6.07) is 2.06. The van der Waals surface area contributed by atoms with Crippen molar-refractivity contribution in [2.24, 2.45) is 5.73 Å². The number of aromatic nitrogens is 1. The highest BCUT2D eigenvalue weighted by molar-refractivity contribution is 7.93. The summed E-state index contributed by atoms with van der Waals surface area (Å²) in [7, 11) is -4.17. The van der Waals surface area contributed by atoms with Crippen LogP contribution in [0.25, 0.3) is 0 Å². The highest BCUT2D eigenvalue weighted by Crippen LogP contribution is 2.34. The van der Waals surface area contributed by atoms with Crippen LogP contribution in [0.4, 0.5) is 9.39 Å². The van der Waals surface area contributed by atoms with E-state index in [4.69, 9.17) is 5.73 Å². The molecule has 0 spiro atoms. The maximum atomic E-state index is 13.3. The first kappa shape index (κ1) is 19.9. The lowest BCUT2D eigenvalue weighted by Crippen LogP contribution is -2.36. The van der Waals surface area contributed by atoms with Gasteiger partial charge in [-0.05, 0) is 38.5 Å². The first-order valence-electron chi connectivity index (χ1n) is 7.18. The third-order valence-electron chi connectivity index (χ3n) is 3.32. The summed E-state index contributed by atoms with van der Waals surface area (Å²) in [4.78, 5) is 27.1. The van der Waals surface area contributed by atoms with Gasteiger partial charge in [-0.1, -0.05) is 0 Å². The molecule has 0 radical (unpaired) electrons. The Hall–Kier alpha value is -2.37. The van der Waals surface area contributed by atoms with Crippen molar-refractivity contribution < 1.29 is 27.5 Å². The zero-order valence-electron chi connectivity index (χ0n) is 14.0. The number of aliphatic hydroxyl groups is 1. The van der Waals surface area contributed by atoms with Crippen LogP contribution in [-0.4, -0.2) is 35.9 Å². The Labute approximate surface area is 152 Å². The molecule has 2 amide bonds. The van der Waals surface area contributed by atoms with Gasteiger partial charge >= 0.3 is 0 Å². The highest BCUT2D eigenvalue weighted by atomic mass is 32.2. The van der Waals surface area contributed by atoms with Gasteiger partial charge in [0.25, 0.3) is 11.8 Å². The molecule has 2 heterocycles. The number of carbonyl (C=O) groups is 2. The van der Waals surface area contributed by atoms with Gasteiger partial charge in [-0.3, -0.25) is 9.59 Å². The number of nitrogens with one attached hydrogen (secondary N) is 1. The third-order valence-corrected chi connectivity index (χ3v) is 6.49. The summed E-state index contributed by atoms with van der Waals surface area (Å²) in [6.07, 6.45) is 0.780. The summed E-state index contributed by atoms with van der Waals surface area (Å²) >= 11 is 0.579. The van der Waals surface area contributed by atoms with Crippen LogP contribution in [0.2, 0.25) is 0 Å². The van der Waals surface area contributed by atoms with Gasteiger partial charge in [-0.2, -0.15) is 0 Å². The van der Waals surface area contributed by atoms with Gasteiger partial charge in [0.15, 0.2) is 5.03 Å². The van der Waals surface area contributed by atoms with Gasteiger partial charge in [0.1, 0.15) is 20.6 Å². The van der Waals surface area contributed by atoms with Gasteiger partial charge < -0.3 is 16.2 Å². The van der Waals surface area contributed by atoms with E-state index in [-0.39, 0.29) is 20.3 Å². The molecule has 2 aromatic heterocycles. The second-order valence-corrected chi connectivity index (χ2v) is 9.14. The van der Waals surface area contributed by atoms with Gasteiger partial charge in [-0.15, -0.1) is 11.3 Å². The number of sulfone groups is 1. The van der Waals surface area contributed by atoms with Crippen LogP contribution in [0.1, 0.15) is 29.8 Å². The summed E-state index contributed by atoms with van der Waals surface area (Å²) < 4.78 is 38.4. The van der Waals surface area contributed by atoms with Crippen LogP contribution in [0.15, 0.2) is 27.6 Å². The van der Waals surface area contributed by atoms with Gasteiger partial charge in [0, 0.05) is 0 Å². The average Bonchev–Trinajstić information content (AvgIpc) is 2.93. The number of hydrogen-bond acceptors (Lipinski definition) is 7. The van der Waals surface area contributed by atoms with Gasteiger partial charge in [0.05, 0.1) is 11.8 Å². The lowest BCUT2D eigenvalue weighted by molar-refractivity contribution is -0.130. The molecule has 0 saturated heterocycles. The third kappa shape index (κ3) is 3.89. The maximum absolute atomic E-state index is 13.3. The van der Waals surface area contributed by atoms with E-state index < -0.39 is 38.1 Å². The normalized spacial score (nSPS) is 12.0. The zero-order valence-corrected chi connectivity index (χ0v) is 15.7. The lowest BCUT2D eigenvalue weighted by atomic mass is 10.1. The van der Waals surface area contributed by atoms with Crippen molar-refractivity contribution in [3.8, 4) is 0 Å². The number of amides is 2. The number of pyridine rings is 1. The number of aryl methyl sites for hydroxylation is 1. The number of thiophene rings is 1. The van der Waals surface area contributed by atoms with E-state index >= 15 is 0 Å². The van der Waals surface area contributed by atoms with Crippen molar-refractivity contribution >= 4 is 38.0 Å². The Bertz CT molecular complexity index is 993. The quantitative estimate of drug-likeness (QED) is 0.688. The molecule has 0 unspecified atom stereocenters. The Morgan fingerprint density at radius 3 is 2.46 bits per heavy atom. The maximum Gasteiger partial charge on any atom is 0.256 e. The van der Waals surface area contributed by atoms with Crippen LogP contribution in [0.3, 0.4) is 0 Å². The summed E-state index contributed by atoms with van der Waals surface area (Å²) in [5.74, 6) is -2.47. The fourth-order valence-corrected chi connectivity index (χ4v) is 4.54. The van der Waals surface area contributed by atoms with E-state index in [1.807, 2.05) is 0 Å². The van der Waals surface area contributed by atoms with E-state index in [0.29, 0.717) is 11.3 Å². The first-order valence-corrected chi connectivity index (χ1v) is 9.48. The molecule has 0 fully saturated rings. The Kier molecular flexibility index (Phi) is 5.17. The monoisotopic (exact) mass is 401 g/mol. The topological polar surface area (TPSA) is 139 Å². The number of anilines is 1. The second kappa shape index (κ2) is 6.74. The first-order chi connectivity index (χ1) is 11.8. The number of rotatable bonds is 5. The van der Waals surface area contributed by atoms with Crippen molar-refractivity contribution in [2.45, 2.75) is 35.6 Å². The van der Waals surface area contributed by atoms with E-state index in [0.717, 1.165) is 18.3 Å². The molecule has 0 aromatic carbocycles. The minimum atomic E-state index is -4.17. The summed E-state index contributed by atoms with van der Waals surface area (Å²) in [5.41, 5.74) is 3.33. The number of primary amides is 1. The fraction of sp³-hybridized carbons (Fsp3) is 0.267. The molecule has 0 aliphatic rings. The summed E-state index contributed by atoms with van der Waals surface area (Å²) in [5, 5.41) is 11.4. The Morgan fingerprint density at radius 1 is 1.35 bits per heavy atom. The molecular formula is C15H16FN3O5S2. The molecule has 8 nitrogen and oxygen atoms in total. The number of carbonyl (C=O) groups excluding carboxylic acids is 2. The predicted molar refractivity (Wildman–Crippen MR) is 92.1 cm³/mol. The van der Waals surface area contributed by atoms with Crippen LogP contribution in [-0.2, 0) is 14.6 Å². The van der Waals surface area contributed by atoms with Crippen LogP contribution in [0, 0.1) is 12.7 Å². The Morgan fingerprint density at radius 2 is 1.96 bits per heavy atom. The largest absolute Gasteiger partial charge is 0.381 e. The second-order valence-electron chi connectivity index (χ2n) is 5.96. The van der Waals surface area contributed by atoms with E-state index in [1.54, 1.807) is 0 Å². The summed E-state index contributed by atoms with van der Waals surface area (Å²) in [6.45, 7) is 3.83. The van der Waals surface area contributed by atoms with Crippen LogP contribution in [0.5, 0.6) is 0 Å². The number of halogens is 1.